The van der Waals surface area contributed by atoms with Gasteiger partial charge in [0.15, 0.2) is 0 Å². The lowest BCUT2D eigenvalue weighted by atomic mass is 10.1. The first kappa shape index (κ1) is 25.6. The van der Waals surface area contributed by atoms with Crippen LogP contribution in [-0.4, -0.2) is 31.3 Å². The van der Waals surface area contributed by atoms with Crippen LogP contribution in [0.4, 0.5) is 17.1 Å². The lowest BCUT2D eigenvalue weighted by Gasteiger charge is -2.27. The first-order chi connectivity index (χ1) is 19.8. The molecule has 0 N–H and O–H groups in total. The highest BCUT2D eigenvalue weighted by atomic mass is 28.3. The number of para-hydroxylation sites is 3. The maximum Gasteiger partial charge on any atom is 0.137 e. The van der Waals surface area contributed by atoms with Gasteiger partial charge >= 0.3 is 0 Å². The van der Waals surface area contributed by atoms with Crippen LogP contribution in [0.2, 0.25) is 13.1 Å². The van der Waals surface area contributed by atoms with Gasteiger partial charge in [-0.3, -0.25) is 4.57 Å². The summed E-state index contributed by atoms with van der Waals surface area (Å²) in [4.78, 5) is 9.61. The molecule has 4 aromatic carbocycles. The predicted molar refractivity (Wildman–Crippen MR) is 178 cm³/mol. The van der Waals surface area contributed by atoms with Gasteiger partial charge in [-0.15, -0.1) is 0 Å². The molecule has 3 heterocycles. The molecular formula is C36H36N4Si. The number of hydrogen-bond donors (Lipinski definition) is 0. The number of aromatic nitrogens is 2. The second kappa shape index (κ2) is 9.63. The molecule has 1 aliphatic rings. The Morgan fingerprint density at radius 2 is 1.44 bits per heavy atom. The number of nitrogens with zero attached hydrogens (tertiary/aromatic N) is 4. The van der Waals surface area contributed by atoms with Gasteiger partial charge in [0.25, 0.3) is 0 Å². The van der Waals surface area contributed by atoms with E-state index < -0.39 is 8.07 Å². The largest absolute Gasteiger partial charge is 0.355 e. The molecule has 0 saturated heterocycles. The van der Waals surface area contributed by atoms with Crippen LogP contribution in [0.25, 0.3) is 27.6 Å². The topological polar surface area (TPSA) is 24.3 Å². The van der Waals surface area contributed by atoms with E-state index in [2.05, 4.69) is 151 Å². The summed E-state index contributed by atoms with van der Waals surface area (Å²) in [5.41, 5.74) is 7.54. The Morgan fingerprint density at radius 3 is 2.27 bits per heavy atom. The van der Waals surface area contributed by atoms with Gasteiger partial charge in [0, 0.05) is 29.7 Å². The van der Waals surface area contributed by atoms with Crippen molar-refractivity contribution >= 4 is 57.3 Å². The molecule has 7 rings (SSSR count). The molecule has 0 bridgehead atoms. The van der Waals surface area contributed by atoms with Crippen LogP contribution in [0.3, 0.4) is 0 Å². The van der Waals surface area contributed by atoms with Gasteiger partial charge in [-0.2, -0.15) is 0 Å². The predicted octanol–water partition coefficient (Wildman–Crippen LogP) is 7.67. The zero-order valence-corrected chi connectivity index (χ0v) is 25.5. The van der Waals surface area contributed by atoms with Crippen LogP contribution >= 0.6 is 0 Å². The Bertz CT molecular complexity index is 1920. The third-order valence-electron chi connectivity index (χ3n) is 8.88. The zero-order valence-electron chi connectivity index (χ0n) is 24.5. The molecule has 0 amide bonds. The quantitative estimate of drug-likeness (QED) is 0.205. The fraction of sp³-hybridized carbons (Fsp3) is 0.194. The molecule has 5 heteroatoms. The van der Waals surface area contributed by atoms with Crippen molar-refractivity contribution in [1.29, 1.82) is 0 Å². The number of fused-ring (bicyclic) bond motifs is 4. The van der Waals surface area contributed by atoms with E-state index in [9.17, 15) is 0 Å². The fourth-order valence-corrected chi connectivity index (χ4v) is 8.70. The molecule has 6 aromatic rings. The molecule has 0 saturated carbocycles. The Hall–Kier alpha value is -4.35. The number of anilines is 3. The minimum atomic E-state index is -2.04. The maximum absolute atomic E-state index is 4.86. The van der Waals surface area contributed by atoms with Crippen molar-refractivity contribution in [2.75, 3.05) is 23.5 Å². The van der Waals surface area contributed by atoms with E-state index in [1.165, 1.54) is 54.8 Å². The number of hydrogen-bond acceptors (Lipinski definition) is 3. The first-order valence-corrected chi connectivity index (χ1v) is 17.5. The summed E-state index contributed by atoms with van der Waals surface area (Å²) < 4.78 is 2.36. The smallest absolute Gasteiger partial charge is 0.137 e. The van der Waals surface area contributed by atoms with E-state index in [0.29, 0.717) is 5.92 Å². The average molecular weight is 553 g/mol. The van der Waals surface area contributed by atoms with Crippen LogP contribution in [0, 0.1) is 0 Å². The summed E-state index contributed by atoms with van der Waals surface area (Å²) in [6.45, 7) is 10.3. The molecule has 204 valence electrons. The Balaban J connectivity index is 1.36. The third-order valence-corrected chi connectivity index (χ3v) is 12.4. The molecule has 0 unspecified atom stereocenters. The van der Waals surface area contributed by atoms with Crippen LogP contribution in [0.1, 0.15) is 25.3 Å². The van der Waals surface area contributed by atoms with Crippen LogP contribution < -0.4 is 20.2 Å². The van der Waals surface area contributed by atoms with Crippen LogP contribution in [-0.2, 0) is 0 Å². The molecule has 0 fully saturated rings. The lowest BCUT2D eigenvalue weighted by Crippen LogP contribution is -2.53. The van der Waals surface area contributed by atoms with E-state index >= 15 is 0 Å². The molecule has 0 aliphatic carbocycles. The van der Waals surface area contributed by atoms with E-state index in [1.54, 1.807) is 0 Å². The Kier molecular flexibility index (Phi) is 6.02. The summed E-state index contributed by atoms with van der Waals surface area (Å²) >= 11 is 0. The highest BCUT2D eigenvalue weighted by Gasteiger charge is 2.30. The molecule has 4 nitrogen and oxygen atoms in total. The number of benzene rings is 4. The minimum Gasteiger partial charge on any atom is -0.355 e. The van der Waals surface area contributed by atoms with Crippen molar-refractivity contribution in [3.63, 3.8) is 0 Å². The molecule has 0 atom stereocenters. The van der Waals surface area contributed by atoms with Gasteiger partial charge in [0.05, 0.1) is 29.1 Å². The van der Waals surface area contributed by atoms with Gasteiger partial charge in [0.2, 0.25) is 0 Å². The molecule has 1 aliphatic heterocycles. The lowest BCUT2D eigenvalue weighted by molar-refractivity contribution is 0.858. The van der Waals surface area contributed by atoms with Crippen molar-refractivity contribution in [2.45, 2.75) is 32.9 Å². The highest BCUT2D eigenvalue weighted by Crippen LogP contribution is 2.39. The highest BCUT2D eigenvalue weighted by molar-refractivity contribution is 7.00. The van der Waals surface area contributed by atoms with E-state index in [1.807, 2.05) is 6.20 Å². The SMILES string of the molecule is CC(C)c1ccnc(-n2c3ccccc3c3ccc([Si](C)(C)c4cccc(N5CN(C)c6ccccc65)c4)cc32)c1. The van der Waals surface area contributed by atoms with Gasteiger partial charge in [-0.25, -0.2) is 4.98 Å². The van der Waals surface area contributed by atoms with Crippen LogP contribution in [0.5, 0.6) is 0 Å². The summed E-state index contributed by atoms with van der Waals surface area (Å²) in [6, 6.07) is 38.2. The summed E-state index contributed by atoms with van der Waals surface area (Å²) in [7, 11) is 0.129. The van der Waals surface area contributed by atoms with Gasteiger partial charge in [-0.05, 0) is 60.0 Å². The van der Waals surface area contributed by atoms with Crippen molar-refractivity contribution in [2.24, 2.45) is 0 Å². The second-order valence-electron chi connectivity index (χ2n) is 12.1. The Morgan fingerprint density at radius 1 is 0.707 bits per heavy atom. The summed E-state index contributed by atoms with van der Waals surface area (Å²) in [5, 5.41) is 5.40. The monoisotopic (exact) mass is 552 g/mol. The number of pyridine rings is 1. The van der Waals surface area contributed by atoms with Crippen molar-refractivity contribution in [3.8, 4) is 5.82 Å². The van der Waals surface area contributed by atoms with Crippen LogP contribution in [0.15, 0.2) is 109 Å². The molecule has 41 heavy (non-hydrogen) atoms. The van der Waals surface area contributed by atoms with Crippen molar-refractivity contribution in [1.82, 2.24) is 9.55 Å². The molecular weight excluding hydrogens is 517 g/mol. The van der Waals surface area contributed by atoms with E-state index in [4.69, 9.17) is 4.98 Å². The van der Waals surface area contributed by atoms with Crippen molar-refractivity contribution in [3.05, 3.63) is 115 Å². The average Bonchev–Trinajstić information content (AvgIpc) is 3.52. The molecule has 0 spiro atoms. The van der Waals surface area contributed by atoms with Gasteiger partial charge in [0.1, 0.15) is 13.9 Å². The summed E-state index contributed by atoms with van der Waals surface area (Å²) in [5.74, 6) is 1.43. The Labute approximate surface area is 243 Å². The standard InChI is InChI=1S/C36H36N4Si/c1-25(2)26-19-20-37-36(21-26)40-32-14-7-6-13-30(32)31-18-17-29(23-35(31)40)41(4,5)28-12-10-11-27(22-28)39-24-38(3)33-15-8-9-16-34(33)39/h6-23,25H,24H2,1-5H3. The maximum atomic E-state index is 4.86. The second-order valence-corrected chi connectivity index (χ2v) is 16.5. The van der Waals surface area contributed by atoms with E-state index in [-0.39, 0.29) is 0 Å². The minimum absolute atomic E-state index is 0.446. The number of rotatable bonds is 5. The third kappa shape index (κ3) is 4.15. The fourth-order valence-electron chi connectivity index (χ4n) is 6.35. The van der Waals surface area contributed by atoms with E-state index in [0.717, 1.165) is 12.5 Å². The van der Waals surface area contributed by atoms with Gasteiger partial charge in [-0.1, -0.05) is 91.9 Å². The van der Waals surface area contributed by atoms with Crippen molar-refractivity contribution < 1.29 is 0 Å². The normalized spacial score (nSPS) is 13.5. The van der Waals surface area contributed by atoms with Gasteiger partial charge < -0.3 is 9.80 Å². The summed E-state index contributed by atoms with van der Waals surface area (Å²) in [6.07, 6.45) is 1.95. The first-order valence-electron chi connectivity index (χ1n) is 14.5. The molecule has 0 radical (unpaired) electrons. The zero-order chi connectivity index (χ0) is 28.3. The molecule has 2 aromatic heterocycles.